The van der Waals surface area contributed by atoms with Crippen LogP contribution < -0.4 is 0 Å². The molecule has 0 spiro atoms. The second-order valence-corrected chi connectivity index (χ2v) is 5.28. The van der Waals surface area contributed by atoms with Gasteiger partial charge in [-0.05, 0) is 6.42 Å². The van der Waals surface area contributed by atoms with Crippen molar-refractivity contribution in [1.29, 1.82) is 0 Å². The van der Waals surface area contributed by atoms with E-state index in [0.717, 1.165) is 12.8 Å². The predicted octanol–water partition coefficient (Wildman–Crippen LogP) is 3.69. The summed E-state index contributed by atoms with van der Waals surface area (Å²) in [6.07, 6.45) is 4.09. The molecule has 1 unspecified atom stereocenters. The maximum absolute atomic E-state index is 9.29. The Morgan fingerprint density at radius 1 is 1.17 bits per heavy atom. The molecule has 0 heterocycles. The fourth-order valence-corrected chi connectivity index (χ4v) is 1.26. The maximum Gasteiger partial charge on any atom is 0.216 e. The van der Waals surface area contributed by atoms with Gasteiger partial charge >= 0.3 is 0 Å². The van der Waals surface area contributed by atoms with Gasteiger partial charge in [0, 0.05) is 0 Å². The van der Waals surface area contributed by atoms with Crippen molar-refractivity contribution in [1.82, 2.24) is 0 Å². The first-order valence-corrected chi connectivity index (χ1v) is 5.36. The lowest BCUT2D eigenvalue weighted by atomic mass is 10.1. The van der Waals surface area contributed by atoms with Crippen LogP contribution in [0.3, 0.4) is 0 Å². The molecule has 4 heteroatoms. The van der Waals surface area contributed by atoms with E-state index in [4.69, 9.17) is 34.8 Å². The Balaban J connectivity index is 3.38. The predicted molar refractivity (Wildman–Crippen MR) is 55.1 cm³/mol. The number of halogens is 3. The Kier molecular flexibility index (Phi) is 6.75. The number of alkyl halides is 3. The van der Waals surface area contributed by atoms with E-state index in [1.165, 1.54) is 12.8 Å². The number of aliphatic hydroxyl groups is 1. The van der Waals surface area contributed by atoms with E-state index in [2.05, 4.69) is 6.92 Å². The van der Waals surface area contributed by atoms with Crippen molar-refractivity contribution in [3.63, 3.8) is 0 Å². The molecule has 0 bridgehead atoms. The average Bonchev–Trinajstić information content (AvgIpc) is 1.96. The lowest BCUT2D eigenvalue weighted by molar-refractivity contribution is 0.164. The number of rotatable bonds is 5. The van der Waals surface area contributed by atoms with E-state index in [0.29, 0.717) is 6.42 Å². The fraction of sp³-hybridized carbons (Fsp3) is 1.00. The molecular formula is C8H15Cl3O. The van der Waals surface area contributed by atoms with Crippen molar-refractivity contribution in [2.75, 3.05) is 0 Å². The molecule has 0 aromatic rings. The molecule has 0 amide bonds. The first kappa shape index (κ1) is 12.8. The van der Waals surface area contributed by atoms with Crippen LogP contribution in [-0.4, -0.2) is 15.0 Å². The summed E-state index contributed by atoms with van der Waals surface area (Å²) < 4.78 is -1.52. The molecule has 1 N–H and O–H groups in total. The van der Waals surface area contributed by atoms with Gasteiger partial charge in [-0.3, -0.25) is 0 Å². The summed E-state index contributed by atoms with van der Waals surface area (Å²) >= 11 is 16.4. The zero-order valence-electron chi connectivity index (χ0n) is 7.19. The smallest absolute Gasteiger partial charge is 0.216 e. The first-order chi connectivity index (χ1) is 5.48. The fourth-order valence-electron chi connectivity index (χ4n) is 0.928. The van der Waals surface area contributed by atoms with Crippen molar-refractivity contribution >= 4 is 34.8 Å². The monoisotopic (exact) mass is 232 g/mol. The molecule has 1 atom stereocenters. The highest BCUT2D eigenvalue weighted by atomic mass is 35.6. The molecule has 0 aromatic carbocycles. The molecule has 0 rings (SSSR count). The van der Waals surface area contributed by atoms with Gasteiger partial charge in [0.15, 0.2) is 0 Å². The zero-order chi connectivity index (χ0) is 9.61. The van der Waals surface area contributed by atoms with Gasteiger partial charge in [0.2, 0.25) is 3.79 Å². The van der Waals surface area contributed by atoms with Gasteiger partial charge in [-0.15, -0.1) is 0 Å². The van der Waals surface area contributed by atoms with Crippen LogP contribution >= 0.6 is 34.8 Å². The Hall–Kier alpha value is 0.830. The normalized spacial score (nSPS) is 14.8. The maximum atomic E-state index is 9.29. The minimum absolute atomic E-state index is 0.566. The molecule has 0 radical (unpaired) electrons. The van der Waals surface area contributed by atoms with E-state index in [9.17, 15) is 5.11 Å². The highest BCUT2D eigenvalue weighted by Gasteiger charge is 2.29. The van der Waals surface area contributed by atoms with Gasteiger partial charge in [0.25, 0.3) is 0 Å². The molecule has 0 aliphatic rings. The number of hydrogen-bond acceptors (Lipinski definition) is 1. The average molecular weight is 234 g/mol. The third kappa shape index (κ3) is 6.36. The van der Waals surface area contributed by atoms with Gasteiger partial charge in [-0.2, -0.15) is 0 Å². The molecule has 1 nitrogen and oxygen atoms in total. The summed E-state index contributed by atoms with van der Waals surface area (Å²) in [7, 11) is 0. The lowest BCUT2D eigenvalue weighted by Crippen LogP contribution is -2.24. The van der Waals surface area contributed by atoms with Crippen molar-refractivity contribution in [2.45, 2.75) is 48.9 Å². The van der Waals surface area contributed by atoms with Crippen LogP contribution in [-0.2, 0) is 0 Å². The number of aliphatic hydroxyl groups excluding tert-OH is 1. The third-order valence-electron chi connectivity index (χ3n) is 1.71. The van der Waals surface area contributed by atoms with Crippen LogP contribution in [0.5, 0.6) is 0 Å². The van der Waals surface area contributed by atoms with Crippen LogP contribution in [0.2, 0.25) is 0 Å². The third-order valence-corrected chi connectivity index (χ3v) is 2.46. The van der Waals surface area contributed by atoms with Crippen molar-refractivity contribution in [3.8, 4) is 0 Å². The first-order valence-electron chi connectivity index (χ1n) is 4.23. The Morgan fingerprint density at radius 3 is 2.17 bits per heavy atom. The van der Waals surface area contributed by atoms with E-state index >= 15 is 0 Å². The molecular weight excluding hydrogens is 218 g/mol. The molecule has 74 valence electrons. The molecule has 0 aromatic heterocycles. The number of hydrogen-bond donors (Lipinski definition) is 1. The highest BCUT2D eigenvalue weighted by Crippen LogP contribution is 2.32. The largest absolute Gasteiger partial charge is 0.389 e. The molecule has 12 heavy (non-hydrogen) atoms. The molecule has 0 saturated heterocycles. The minimum atomic E-state index is -1.52. The van der Waals surface area contributed by atoms with Crippen LogP contribution in [0.4, 0.5) is 0 Å². The Morgan fingerprint density at radius 2 is 1.75 bits per heavy atom. The van der Waals surface area contributed by atoms with E-state index in [1.807, 2.05) is 0 Å². The van der Waals surface area contributed by atoms with Gasteiger partial charge < -0.3 is 5.11 Å². The molecule has 0 aliphatic heterocycles. The highest BCUT2D eigenvalue weighted by molar-refractivity contribution is 6.68. The summed E-state index contributed by atoms with van der Waals surface area (Å²) in [5.41, 5.74) is 0. The SMILES string of the molecule is CCCCCCC(O)C(Cl)(Cl)Cl. The lowest BCUT2D eigenvalue weighted by Gasteiger charge is -2.18. The summed E-state index contributed by atoms with van der Waals surface area (Å²) in [5.74, 6) is 0. The van der Waals surface area contributed by atoms with Crippen molar-refractivity contribution < 1.29 is 5.11 Å². The number of unbranched alkanes of at least 4 members (excludes halogenated alkanes) is 3. The quantitative estimate of drug-likeness (QED) is 0.567. The second kappa shape index (κ2) is 6.31. The summed E-state index contributed by atoms with van der Waals surface area (Å²) in [4.78, 5) is 0. The van der Waals surface area contributed by atoms with Crippen LogP contribution in [0.25, 0.3) is 0 Å². The summed E-state index contributed by atoms with van der Waals surface area (Å²) in [6.45, 7) is 2.13. The van der Waals surface area contributed by atoms with Crippen LogP contribution in [0, 0.1) is 0 Å². The van der Waals surface area contributed by atoms with Crippen molar-refractivity contribution in [2.24, 2.45) is 0 Å². The van der Waals surface area contributed by atoms with Crippen LogP contribution in [0.1, 0.15) is 39.0 Å². The van der Waals surface area contributed by atoms with Crippen LogP contribution in [0.15, 0.2) is 0 Å². The standard InChI is InChI=1S/C8H15Cl3O/c1-2-3-4-5-6-7(12)8(9,10)11/h7,12H,2-6H2,1H3. The van der Waals surface area contributed by atoms with Gasteiger partial charge in [-0.1, -0.05) is 67.4 Å². The molecule has 0 aliphatic carbocycles. The Labute approximate surface area is 89.0 Å². The molecule has 0 saturated carbocycles. The van der Waals surface area contributed by atoms with Gasteiger partial charge in [0.05, 0.1) is 0 Å². The van der Waals surface area contributed by atoms with Gasteiger partial charge in [0.1, 0.15) is 6.10 Å². The summed E-state index contributed by atoms with van der Waals surface area (Å²) in [5, 5.41) is 9.29. The zero-order valence-corrected chi connectivity index (χ0v) is 9.46. The molecule has 0 fully saturated rings. The van der Waals surface area contributed by atoms with E-state index in [-0.39, 0.29) is 0 Å². The van der Waals surface area contributed by atoms with Gasteiger partial charge in [-0.25, -0.2) is 0 Å². The van der Waals surface area contributed by atoms with E-state index < -0.39 is 9.90 Å². The topological polar surface area (TPSA) is 20.2 Å². The second-order valence-electron chi connectivity index (χ2n) is 2.91. The van der Waals surface area contributed by atoms with Crippen molar-refractivity contribution in [3.05, 3.63) is 0 Å². The van der Waals surface area contributed by atoms with E-state index in [1.54, 1.807) is 0 Å². The Bertz CT molecular complexity index is 111. The minimum Gasteiger partial charge on any atom is -0.389 e. The summed E-state index contributed by atoms with van der Waals surface area (Å²) in [6, 6.07) is 0.